The summed E-state index contributed by atoms with van der Waals surface area (Å²) in [5.74, 6) is 1.69. The van der Waals surface area contributed by atoms with Crippen LogP contribution in [0, 0.1) is 19.8 Å². The molecule has 0 aromatic carbocycles. The minimum atomic E-state index is 0.130. The Morgan fingerprint density at radius 3 is 2.76 bits per heavy atom. The third kappa shape index (κ3) is 3.28. The second-order valence-electron chi connectivity index (χ2n) is 6.30. The van der Waals surface area contributed by atoms with E-state index in [0.717, 1.165) is 28.6 Å². The zero-order valence-corrected chi connectivity index (χ0v) is 13.4. The van der Waals surface area contributed by atoms with Crippen LogP contribution in [0.15, 0.2) is 11.2 Å². The average molecular weight is 290 g/mol. The normalized spacial score (nSPS) is 23.1. The van der Waals surface area contributed by atoms with E-state index in [0.29, 0.717) is 6.04 Å². The molecule has 0 bridgehead atoms. The molecule has 0 spiro atoms. The number of nitrogens with zero attached hydrogens (tertiary/aromatic N) is 3. The van der Waals surface area contributed by atoms with Gasteiger partial charge in [-0.3, -0.25) is 0 Å². The van der Waals surface area contributed by atoms with Gasteiger partial charge in [-0.2, -0.15) is 0 Å². The fourth-order valence-corrected chi connectivity index (χ4v) is 3.37. The highest BCUT2D eigenvalue weighted by atomic mass is 16.4. The summed E-state index contributed by atoms with van der Waals surface area (Å²) in [6.07, 6.45) is 4.89. The number of anilines is 1. The summed E-state index contributed by atoms with van der Waals surface area (Å²) >= 11 is 0. The molecule has 21 heavy (non-hydrogen) atoms. The second kappa shape index (κ2) is 6.33. The van der Waals surface area contributed by atoms with Crippen molar-refractivity contribution in [1.82, 2.24) is 4.98 Å². The van der Waals surface area contributed by atoms with Crippen LogP contribution >= 0.6 is 0 Å². The first-order valence-electron chi connectivity index (χ1n) is 7.63. The van der Waals surface area contributed by atoms with E-state index in [9.17, 15) is 0 Å². The van der Waals surface area contributed by atoms with Crippen LogP contribution < -0.4 is 10.6 Å². The zero-order chi connectivity index (χ0) is 15.6. The lowest BCUT2D eigenvalue weighted by atomic mass is 9.86. The first-order chi connectivity index (χ1) is 9.93. The molecule has 2 atom stereocenters. The van der Waals surface area contributed by atoms with Gasteiger partial charge in [-0.15, -0.1) is 0 Å². The molecule has 1 heterocycles. The van der Waals surface area contributed by atoms with E-state index in [-0.39, 0.29) is 5.84 Å². The van der Waals surface area contributed by atoms with Crippen molar-refractivity contribution in [3.8, 4) is 0 Å². The van der Waals surface area contributed by atoms with Crippen LogP contribution in [0.1, 0.15) is 49.4 Å². The maximum absolute atomic E-state index is 9.06. The van der Waals surface area contributed by atoms with Gasteiger partial charge in [0.1, 0.15) is 5.82 Å². The predicted molar refractivity (Wildman–Crippen MR) is 86.0 cm³/mol. The van der Waals surface area contributed by atoms with E-state index in [4.69, 9.17) is 10.9 Å². The lowest BCUT2D eigenvalue weighted by Gasteiger charge is -2.36. The van der Waals surface area contributed by atoms with E-state index in [2.05, 4.69) is 29.0 Å². The van der Waals surface area contributed by atoms with Gasteiger partial charge in [0.05, 0.1) is 5.56 Å². The summed E-state index contributed by atoms with van der Waals surface area (Å²) in [7, 11) is 2.07. The number of aryl methyl sites for hydroxylation is 2. The first kappa shape index (κ1) is 15.6. The second-order valence-corrected chi connectivity index (χ2v) is 6.30. The largest absolute Gasteiger partial charge is 0.409 e. The van der Waals surface area contributed by atoms with Crippen LogP contribution in [-0.2, 0) is 0 Å². The highest BCUT2D eigenvalue weighted by Crippen LogP contribution is 2.31. The molecule has 2 unspecified atom stereocenters. The van der Waals surface area contributed by atoms with Crippen molar-refractivity contribution < 1.29 is 5.21 Å². The Morgan fingerprint density at radius 1 is 1.43 bits per heavy atom. The van der Waals surface area contributed by atoms with Crippen LogP contribution in [0.3, 0.4) is 0 Å². The quantitative estimate of drug-likeness (QED) is 0.388. The number of hydrogen-bond donors (Lipinski definition) is 2. The summed E-state index contributed by atoms with van der Waals surface area (Å²) in [5, 5.41) is 12.2. The highest BCUT2D eigenvalue weighted by molar-refractivity contribution is 6.02. The van der Waals surface area contributed by atoms with Crippen molar-refractivity contribution >= 4 is 11.7 Å². The summed E-state index contributed by atoms with van der Waals surface area (Å²) < 4.78 is 0. The molecule has 0 amide bonds. The van der Waals surface area contributed by atoms with Gasteiger partial charge in [0, 0.05) is 18.8 Å². The molecule has 1 fully saturated rings. The fraction of sp³-hybridized carbons (Fsp3) is 0.625. The Kier molecular flexibility index (Phi) is 4.70. The maximum Gasteiger partial charge on any atom is 0.174 e. The topological polar surface area (TPSA) is 74.7 Å². The standard InChI is InChI=1S/C16H26N4O/c1-10-6-5-7-13(8-10)20(4)16-14(15(17)19-21)11(2)9-12(3)18-16/h9-10,13,21H,5-8H2,1-4H3,(H2,17,19). The Labute approximate surface area is 126 Å². The Morgan fingerprint density at radius 2 is 2.14 bits per heavy atom. The zero-order valence-electron chi connectivity index (χ0n) is 13.4. The molecular weight excluding hydrogens is 264 g/mol. The fourth-order valence-electron chi connectivity index (χ4n) is 3.37. The molecule has 0 saturated heterocycles. The molecule has 1 aromatic rings. The van der Waals surface area contributed by atoms with Crippen molar-refractivity contribution in [2.75, 3.05) is 11.9 Å². The lowest BCUT2D eigenvalue weighted by molar-refractivity contribution is 0.318. The van der Waals surface area contributed by atoms with Crippen molar-refractivity contribution in [3.63, 3.8) is 0 Å². The smallest absolute Gasteiger partial charge is 0.174 e. The molecule has 2 rings (SSSR count). The minimum absolute atomic E-state index is 0.130. The molecular formula is C16H26N4O. The summed E-state index contributed by atoms with van der Waals surface area (Å²) in [4.78, 5) is 6.87. The average Bonchev–Trinajstić information content (AvgIpc) is 2.45. The molecule has 116 valence electrons. The maximum atomic E-state index is 9.06. The summed E-state index contributed by atoms with van der Waals surface area (Å²) in [5.41, 5.74) is 8.55. The molecule has 5 heteroatoms. The number of nitrogens with two attached hydrogens (primary N) is 1. The van der Waals surface area contributed by atoms with Crippen LogP contribution in [-0.4, -0.2) is 29.1 Å². The number of oxime groups is 1. The lowest BCUT2D eigenvalue weighted by Crippen LogP contribution is -2.37. The number of hydrogen-bond acceptors (Lipinski definition) is 4. The molecule has 0 aliphatic heterocycles. The highest BCUT2D eigenvalue weighted by Gasteiger charge is 2.26. The van der Waals surface area contributed by atoms with Gasteiger partial charge >= 0.3 is 0 Å². The van der Waals surface area contributed by atoms with Crippen LogP contribution in [0.5, 0.6) is 0 Å². The van der Waals surface area contributed by atoms with Crippen LogP contribution in [0.4, 0.5) is 5.82 Å². The molecule has 1 aromatic heterocycles. The van der Waals surface area contributed by atoms with Crippen molar-refractivity contribution in [3.05, 3.63) is 22.9 Å². The molecule has 3 N–H and O–H groups in total. The van der Waals surface area contributed by atoms with E-state index in [1.54, 1.807) is 0 Å². The third-order valence-corrected chi connectivity index (χ3v) is 4.48. The van der Waals surface area contributed by atoms with Gasteiger partial charge in [0.2, 0.25) is 0 Å². The van der Waals surface area contributed by atoms with Crippen LogP contribution in [0.25, 0.3) is 0 Å². The van der Waals surface area contributed by atoms with Gasteiger partial charge in [-0.1, -0.05) is 24.9 Å². The number of rotatable bonds is 3. The number of amidine groups is 1. The van der Waals surface area contributed by atoms with E-state index >= 15 is 0 Å². The molecule has 1 saturated carbocycles. The van der Waals surface area contributed by atoms with Gasteiger partial charge < -0.3 is 15.8 Å². The van der Waals surface area contributed by atoms with Crippen molar-refractivity contribution in [1.29, 1.82) is 0 Å². The monoisotopic (exact) mass is 290 g/mol. The number of aromatic nitrogens is 1. The Balaban J connectivity index is 2.41. The van der Waals surface area contributed by atoms with Gasteiger partial charge in [0.25, 0.3) is 0 Å². The van der Waals surface area contributed by atoms with Gasteiger partial charge in [0.15, 0.2) is 5.84 Å². The molecule has 1 aliphatic rings. The minimum Gasteiger partial charge on any atom is -0.409 e. The SMILES string of the molecule is Cc1cc(C)c(C(N)=NO)c(N(C)C2CCCC(C)C2)n1. The Bertz CT molecular complexity index is 541. The van der Waals surface area contributed by atoms with Gasteiger partial charge in [-0.05, 0) is 44.2 Å². The Hall–Kier alpha value is -1.78. The van der Waals surface area contributed by atoms with Gasteiger partial charge in [-0.25, -0.2) is 4.98 Å². The predicted octanol–water partition coefficient (Wildman–Crippen LogP) is 2.81. The van der Waals surface area contributed by atoms with E-state index < -0.39 is 0 Å². The van der Waals surface area contributed by atoms with E-state index in [1.165, 1.54) is 25.7 Å². The van der Waals surface area contributed by atoms with Crippen LogP contribution in [0.2, 0.25) is 0 Å². The molecule has 0 radical (unpaired) electrons. The van der Waals surface area contributed by atoms with Crippen molar-refractivity contribution in [2.45, 2.75) is 52.5 Å². The molecule has 1 aliphatic carbocycles. The first-order valence-corrected chi connectivity index (χ1v) is 7.63. The third-order valence-electron chi connectivity index (χ3n) is 4.48. The molecule has 5 nitrogen and oxygen atoms in total. The van der Waals surface area contributed by atoms with Crippen molar-refractivity contribution in [2.24, 2.45) is 16.8 Å². The summed E-state index contributed by atoms with van der Waals surface area (Å²) in [6.45, 7) is 6.26. The van der Waals surface area contributed by atoms with E-state index in [1.807, 2.05) is 19.9 Å². The summed E-state index contributed by atoms with van der Waals surface area (Å²) in [6, 6.07) is 2.43. The number of pyridine rings is 1.